The highest BCUT2D eigenvalue weighted by Crippen LogP contribution is 2.43. The summed E-state index contributed by atoms with van der Waals surface area (Å²) in [7, 11) is 0. The van der Waals surface area contributed by atoms with Gasteiger partial charge >= 0.3 is 6.09 Å². The second-order valence-electron chi connectivity index (χ2n) is 10.5. The Morgan fingerprint density at radius 1 is 1.21 bits per heavy atom. The van der Waals surface area contributed by atoms with E-state index in [1.165, 1.54) is 6.92 Å². The molecule has 0 aromatic heterocycles. The zero-order valence-electron chi connectivity index (χ0n) is 19.1. The SMILES string of the molecule is C=C[C@@H]1CC[C@H](C(CC(C)(C)C)OC(N)=O)[C@@](NC(C)=O)(C(=O)NC(C)(C)C)C1. The summed E-state index contributed by atoms with van der Waals surface area (Å²) in [6.07, 6.45) is 2.65. The molecule has 0 aliphatic heterocycles. The quantitative estimate of drug-likeness (QED) is 0.585. The van der Waals surface area contributed by atoms with Gasteiger partial charge in [0.25, 0.3) is 0 Å². The molecule has 1 saturated carbocycles. The number of nitrogens with one attached hydrogen (secondary N) is 2. The largest absolute Gasteiger partial charge is 0.446 e. The van der Waals surface area contributed by atoms with Gasteiger partial charge in [-0.3, -0.25) is 9.59 Å². The number of hydrogen-bond acceptors (Lipinski definition) is 4. The highest BCUT2D eigenvalue weighted by molar-refractivity contribution is 5.92. The molecule has 1 rings (SSSR count). The van der Waals surface area contributed by atoms with Gasteiger partial charge in [-0.15, -0.1) is 6.58 Å². The Balaban J connectivity index is 3.52. The summed E-state index contributed by atoms with van der Waals surface area (Å²) in [6, 6.07) is 0. The average molecular weight is 410 g/mol. The van der Waals surface area contributed by atoms with E-state index >= 15 is 0 Å². The number of nitrogens with two attached hydrogens (primary N) is 1. The van der Waals surface area contributed by atoms with Crippen LogP contribution < -0.4 is 16.4 Å². The Morgan fingerprint density at radius 3 is 2.21 bits per heavy atom. The fraction of sp³-hybridized carbons (Fsp3) is 0.773. The molecular formula is C22H39N3O4. The molecule has 4 atom stereocenters. The number of allylic oxidation sites excluding steroid dienone is 1. The van der Waals surface area contributed by atoms with Crippen molar-refractivity contribution in [1.29, 1.82) is 0 Å². The molecule has 0 aromatic carbocycles. The summed E-state index contributed by atoms with van der Waals surface area (Å²) < 4.78 is 5.53. The minimum absolute atomic E-state index is 0.0627. The first kappa shape index (κ1) is 25.0. The van der Waals surface area contributed by atoms with Crippen LogP contribution in [-0.2, 0) is 14.3 Å². The molecule has 29 heavy (non-hydrogen) atoms. The molecule has 0 spiro atoms. The summed E-state index contributed by atoms with van der Waals surface area (Å²) in [5.41, 5.74) is 3.50. The highest BCUT2D eigenvalue weighted by Gasteiger charge is 2.54. The first-order valence-corrected chi connectivity index (χ1v) is 10.3. The van der Waals surface area contributed by atoms with Gasteiger partial charge in [0.05, 0.1) is 0 Å². The minimum Gasteiger partial charge on any atom is -0.446 e. The molecule has 0 saturated heterocycles. The Hall–Kier alpha value is -2.05. The van der Waals surface area contributed by atoms with Crippen LogP contribution in [0, 0.1) is 17.3 Å². The molecule has 1 fully saturated rings. The maximum atomic E-state index is 13.6. The van der Waals surface area contributed by atoms with Crippen molar-refractivity contribution >= 4 is 17.9 Å². The van der Waals surface area contributed by atoms with E-state index in [1.54, 1.807) is 0 Å². The van der Waals surface area contributed by atoms with Crippen molar-refractivity contribution in [1.82, 2.24) is 10.6 Å². The maximum absolute atomic E-state index is 13.6. The van der Waals surface area contributed by atoms with Gasteiger partial charge in [0, 0.05) is 18.4 Å². The van der Waals surface area contributed by atoms with Crippen LogP contribution in [0.4, 0.5) is 4.79 Å². The van der Waals surface area contributed by atoms with Crippen molar-refractivity contribution in [3.05, 3.63) is 12.7 Å². The van der Waals surface area contributed by atoms with Crippen LogP contribution in [0.1, 0.15) is 74.1 Å². The van der Waals surface area contributed by atoms with E-state index < -0.39 is 29.2 Å². The second-order valence-corrected chi connectivity index (χ2v) is 10.5. The Kier molecular flexibility index (Phi) is 7.91. The Labute approximate surface area is 175 Å². The van der Waals surface area contributed by atoms with Crippen LogP contribution in [0.2, 0.25) is 0 Å². The first-order valence-electron chi connectivity index (χ1n) is 10.3. The van der Waals surface area contributed by atoms with E-state index in [4.69, 9.17) is 10.5 Å². The van der Waals surface area contributed by atoms with Crippen molar-refractivity contribution in [2.45, 2.75) is 91.3 Å². The minimum atomic E-state index is -1.22. The van der Waals surface area contributed by atoms with Gasteiger partial charge in [-0.1, -0.05) is 26.8 Å². The fourth-order valence-electron chi connectivity index (χ4n) is 4.26. The maximum Gasteiger partial charge on any atom is 0.404 e. The number of rotatable bonds is 6. The summed E-state index contributed by atoms with van der Waals surface area (Å²) in [5.74, 6) is -0.926. The van der Waals surface area contributed by atoms with E-state index in [1.807, 2.05) is 47.6 Å². The molecule has 4 N–H and O–H groups in total. The molecule has 0 bridgehead atoms. The molecule has 1 aliphatic carbocycles. The molecule has 0 radical (unpaired) electrons. The number of hydrogen-bond donors (Lipinski definition) is 3. The molecule has 1 aliphatic rings. The molecule has 166 valence electrons. The lowest BCUT2D eigenvalue weighted by Gasteiger charge is -2.49. The third-order valence-corrected chi connectivity index (χ3v) is 5.22. The zero-order chi connectivity index (χ0) is 22.6. The van der Waals surface area contributed by atoms with Crippen molar-refractivity contribution in [3.8, 4) is 0 Å². The number of ether oxygens (including phenoxy) is 1. The van der Waals surface area contributed by atoms with Gasteiger partial charge in [-0.2, -0.15) is 0 Å². The van der Waals surface area contributed by atoms with Crippen molar-refractivity contribution in [2.24, 2.45) is 23.0 Å². The van der Waals surface area contributed by atoms with Crippen LogP contribution in [-0.4, -0.2) is 35.1 Å². The first-order chi connectivity index (χ1) is 13.1. The molecule has 7 heteroatoms. The topological polar surface area (TPSA) is 111 Å². The number of carbonyl (C=O) groups excluding carboxylic acids is 3. The van der Waals surface area contributed by atoms with Crippen LogP contribution >= 0.6 is 0 Å². The van der Waals surface area contributed by atoms with Gasteiger partial charge < -0.3 is 21.1 Å². The van der Waals surface area contributed by atoms with Gasteiger partial charge in [0.15, 0.2) is 0 Å². The zero-order valence-corrected chi connectivity index (χ0v) is 19.1. The van der Waals surface area contributed by atoms with Gasteiger partial charge in [0.2, 0.25) is 11.8 Å². The smallest absolute Gasteiger partial charge is 0.404 e. The molecule has 0 aromatic rings. The van der Waals surface area contributed by atoms with Crippen LogP contribution in [0.5, 0.6) is 0 Å². The summed E-state index contributed by atoms with van der Waals surface area (Å²) in [5, 5.41) is 5.96. The predicted molar refractivity (Wildman–Crippen MR) is 114 cm³/mol. The van der Waals surface area contributed by atoms with E-state index in [-0.39, 0.29) is 23.1 Å². The van der Waals surface area contributed by atoms with Crippen LogP contribution in [0.3, 0.4) is 0 Å². The summed E-state index contributed by atoms with van der Waals surface area (Å²) in [6.45, 7) is 17.1. The molecular weight excluding hydrogens is 370 g/mol. The lowest BCUT2D eigenvalue weighted by atomic mass is 9.63. The number of primary amides is 1. The molecule has 1 unspecified atom stereocenters. The van der Waals surface area contributed by atoms with E-state index in [2.05, 4.69) is 17.2 Å². The summed E-state index contributed by atoms with van der Waals surface area (Å²) >= 11 is 0. The van der Waals surface area contributed by atoms with Crippen LogP contribution in [0.15, 0.2) is 12.7 Å². The Bertz CT molecular complexity index is 633. The molecule has 7 nitrogen and oxygen atoms in total. The monoisotopic (exact) mass is 409 g/mol. The van der Waals surface area contributed by atoms with Crippen molar-refractivity contribution in [2.75, 3.05) is 0 Å². The highest BCUT2D eigenvalue weighted by atomic mass is 16.6. The van der Waals surface area contributed by atoms with Crippen LogP contribution in [0.25, 0.3) is 0 Å². The predicted octanol–water partition coefficient (Wildman–Crippen LogP) is 3.28. The van der Waals surface area contributed by atoms with Gasteiger partial charge in [-0.05, 0) is 57.8 Å². The molecule has 0 heterocycles. The number of amides is 3. The van der Waals surface area contributed by atoms with E-state index in [0.29, 0.717) is 19.3 Å². The lowest BCUT2D eigenvalue weighted by molar-refractivity contribution is -0.143. The average Bonchev–Trinajstić information content (AvgIpc) is 2.49. The molecule has 3 amide bonds. The van der Waals surface area contributed by atoms with Crippen molar-refractivity contribution < 1.29 is 19.1 Å². The number of carbonyl (C=O) groups is 3. The third kappa shape index (κ3) is 7.37. The normalized spacial score (nSPS) is 26.2. The second kappa shape index (κ2) is 9.18. The van der Waals surface area contributed by atoms with E-state index in [0.717, 1.165) is 6.42 Å². The standard InChI is InChI=1S/C22H39N3O4/c1-9-15-10-11-16(17(29-19(23)28)13-20(3,4)5)22(12-15,24-14(2)26)18(27)25-21(6,7)8/h9,15-17H,1,10-13H2,2-8H3,(H2,23,28)(H,24,26)(H,25,27)/t15-,16-,17?,22-/m1/s1. The van der Waals surface area contributed by atoms with Crippen molar-refractivity contribution in [3.63, 3.8) is 0 Å². The fourth-order valence-corrected chi connectivity index (χ4v) is 4.26. The van der Waals surface area contributed by atoms with Gasteiger partial charge in [-0.25, -0.2) is 4.79 Å². The van der Waals surface area contributed by atoms with E-state index in [9.17, 15) is 14.4 Å². The Morgan fingerprint density at radius 2 is 1.79 bits per heavy atom. The summed E-state index contributed by atoms with van der Waals surface area (Å²) in [4.78, 5) is 37.5. The van der Waals surface area contributed by atoms with Gasteiger partial charge in [0.1, 0.15) is 11.6 Å². The third-order valence-electron chi connectivity index (χ3n) is 5.22. The lowest BCUT2D eigenvalue weighted by Crippen LogP contribution is -2.69.